The van der Waals surface area contributed by atoms with Gasteiger partial charge in [-0.2, -0.15) is 0 Å². The third kappa shape index (κ3) is 2.61. The van der Waals surface area contributed by atoms with Crippen molar-refractivity contribution in [2.24, 2.45) is 7.05 Å². The first-order chi connectivity index (χ1) is 12.1. The molecule has 0 aliphatic heterocycles. The normalized spacial score (nSPS) is 10.9. The van der Waals surface area contributed by atoms with Crippen LogP contribution >= 0.6 is 0 Å². The number of hydrazine groups is 1. The van der Waals surface area contributed by atoms with Gasteiger partial charge in [0, 0.05) is 36.5 Å². The number of rotatable bonds is 2. The number of benzene rings is 1. The van der Waals surface area contributed by atoms with Crippen LogP contribution in [0.4, 0.5) is 0 Å². The molecule has 0 bridgehead atoms. The summed E-state index contributed by atoms with van der Waals surface area (Å²) in [6, 6.07) is 13.1. The molecule has 2 N–H and O–H groups in total. The number of fused-ring (bicyclic) bond motifs is 2. The molecule has 0 saturated carbocycles. The molecule has 3 aromatic heterocycles. The lowest BCUT2D eigenvalue weighted by Gasteiger charge is -2.04. The van der Waals surface area contributed by atoms with Gasteiger partial charge < -0.3 is 8.97 Å². The predicted octanol–water partition coefficient (Wildman–Crippen LogP) is 1.90. The van der Waals surface area contributed by atoms with Crippen molar-refractivity contribution in [3.05, 3.63) is 72.3 Å². The third-order valence-corrected chi connectivity index (χ3v) is 4.03. The number of hydrogen-bond acceptors (Lipinski definition) is 3. The summed E-state index contributed by atoms with van der Waals surface area (Å²) < 4.78 is 3.61. The molecule has 0 radical (unpaired) electrons. The molecule has 0 atom stereocenters. The zero-order valence-corrected chi connectivity index (χ0v) is 13.4. The van der Waals surface area contributed by atoms with E-state index in [1.165, 1.54) is 0 Å². The number of pyridine rings is 1. The van der Waals surface area contributed by atoms with E-state index < -0.39 is 5.91 Å². The van der Waals surface area contributed by atoms with E-state index in [9.17, 15) is 9.59 Å². The topological polar surface area (TPSA) is 80.4 Å². The van der Waals surface area contributed by atoms with Crippen LogP contribution in [0.15, 0.2) is 61.1 Å². The highest BCUT2D eigenvalue weighted by atomic mass is 16.2. The summed E-state index contributed by atoms with van der Waals surface area (Å²) in [4.78, 5) is 28.8. The van der Waals surface area contributed by atoms with Crippen LogP contribution in [0.25, 0.3) is 16.6 Å². The van der Waals surface area contributed by atoms with Crippen molar-refractivity contribution >= 4 is 28.4 Å². The summed E-state index contributed by atoms with van der Waals surface area (Å²) >= 11 is 0. The van der Waals surface area contributed by atoms with E-state index in [1.807, 2.05) is 48.0 Å². The number of nitrogens with one attached hydrogen (secondary N) is 2. The average molecular weight is 333 g/mol. The summed E-state index contributed by atoms with van der Waals surface area (Å²) in [6.45, 7) is 0. The van der Waals surface area contributed by atoms with Crippen molar-refractivity contribution < 1.29 is 9.59 Å². The predicted molar refractivity (Wildman–Crippen MR) is 93.0 cm³/mol. The van der Waals surface area contributed by atoms with E-state index in [4.69, 9.17) is 0 Å². The molecule has 1 aromatic carbocycles. The number of amides is 2. The lowest BCUT2D eigenvalue weighted by molar-refractivity contribution is 0.0845. The zero-order valence-electron chi connectivity index (χ0n) is 13.4. The van der Waals surface area contributed by atoms with Crippen molar-refractivity contribution in [2.75, 3.05) is 0 Å². The summed E-state index contributed by atoms with van der Waals surface area (Å²) in [6.07, 6.45) is 5.14. The molecule has 3 heterocycles. The van der Waals surface area contributed by atoms with Gasteiger partial charge in [-0.1, -0.05) is 24.3 Å². The molecule has 0 saturated heterocycles. The number of carbonyl (C=O) groups is 2. The second-order valence-corrected chi connectivity index (χ2v) is 5.67. The second kappa shape index (κ2) is 5.79. The maximum Gasteiger partial charge on any atom is 0.289 e. The first kappa shape index (κ1) is 14.9. The number of imidazole rings is 1. The highest BCUT2D eigenvalue weighted by Crippen LogP contribution is 2.19. The molecule has 7 nitrogen and oxygen atoms in total. The smallest absolute Gasteiger partial charge is 0.289 e. The number of carbonyl (C=O) groups excluding carboxylic acids is 2. The molecule has 7 heteroatoms. The van der Waals surface area contributed by atoms with Crippen LogP contribution in [0.3, 0.4) is 0 Å². The Morgan fingerprint density at radius 3 is 2.56 bits per heavy atom. The van der Waals surface area contributed by atoms with Crippen LogP contribution < -0.4 is 10.9 Å². The van der Waals surface area contributed by atoms with Crippen LogP contribution in [0.5, 0.6) is 0 Å². The lowest BCUT2D eigenvalue weighted by atomic mass is 10.2. The molecule has 0 fully saturated rings. The van der Waals surface area contributed by atoms with Gasteiger partial charge in [0.1, 0.15) is 11.3 Å². The van der Waals surface area contributed by atoms with Gasteiger partial charge in [0.25, 0.3) is 11.8 Å². The van der Waals surface area contributed by atoms with E-state index in [0.717, 1.165) is 10.9 Å². The Kier molecular flexibility index (Phi) is 3.46. The molecule has 2 amide bonds. The summed E-state index contributed by atoms with van der Waals surface area (Å²) in [7, 11) is 1.87. The van der Waals surface area contributed by atoms with Gasteiger partial charge in [0.05, 0.1) is 5.56 Å². The molecule has 4 aromatic rings. The molecule has 4 rings (SSSR count). The van der Waals surface area contributed by atoms with Gasteiger partial charge in [0.2, 0.25) is 0 Å². The number of para-hydroxylation sites is 1. The van der Waals surface area contributed by atoms with Crippen molar-refractivity contribution in [1.29, 1.82) is 0 Å². The third-order valence-electron chi connectivity index (χ3n) is 4.03. The maximum atomic E-state index is 12.4. The molecule has 25 heavy (non-hydrogen) atoms. The number of nitrogens with zero attached hydrogens (tertiary/aromatic N) is 3. The zero-order chi connectivity index (χ0) is 17.4. The van der Waals surface area contributed by atoms with Gasteiger partial charge in [-0.05, 0) is 18.2 Å². The minimum absolute atomic E-state index is 0.226. The fraction of sp³-hybridized carbons (Fsp3) is 0.0556. The summed E-state index contributed by atoms with van der Waals surface area (Å²) in [5.41, 5.74) is 7.18. The average Bonchev–Trinajstić information content (AvgIpc) is 3.21. The van der Waals surface area contributed by atoms with Crippen LogP contribution in [-0.4, -0.2) is 25.8 Å². The van der Waals surface area contributed by atoms with E-state index in [1.54, 1.807) is 29.1 Å². The van der Waals surface area contributed by atoms with Crippen molar-refractivity contribution in [3.63, 3.8) is 0 Å². The molecule has 0 unspecified atom stereocenters. The SMILES string of the molecule is Cn1cc(C(=O)NNC(=O)c2cn3ccccc3n2)c2ccccc21. The molecular weight excluding hydrogens is 318 g/mol. The van der Waals surface area contributed by atoms with Gasteiger partial charge in [-0.25, -0.2) is 4.98 Å². The van der Waals surface area contributed by atoms with Crippen LogP contribution in [0, 0.1) is 0 Å². The van der Waals surface area contributed by atoms with E-state index in [0.29, 0.717) is 11.2 Å². The minimum atomic E-state index is -0.475. The first-order valence-corrected chi connectivity index (χ1v) is 7.72. The van der Waals surface area contributed by atoms with Crippen molar-refractivity contribution in [3.8, 4) is 0 Å². The highest BCUT2D eigenvalue weighted by Gasteiger charge is 2.16. The highest BCUT2D eigenvalue weighted by molar-refractivity contribution is 6.07. The largest absolute Gasteiger partial charge is 0.350 e. The molecule has 0 aliphatic carbocycles. The fourth-order valence-corrected chi connectivity index (χ4v) is 2.81. The molecular formula is C18H15N5O2. The van der Waals surface area contributed by atoms with Gasteiger partial charge in [-0.15, -0.1) is 0 Å². The van der Waals surface area contributed by atoms with Crippen LogP contribution in [0.2, 0.25) is 0 Å². The Balaban J connectivity index is 1.52. The number of aryl methyl sites for hydroxylation is 1. The maximum absolute atomic E-state index is 12.4. The molecule has 0 aliphatic rings. The minimum Gasteiger partial charge on any atom is -0.350 e. The Hall–Kier alpha value is -3.61. The van der Waals surface area contributed by atoms with Crippen LogP contribution in [0.1, 0.15) is 20.8 Å². The van der Waals surface area contributed by atoms with E-state index >= 15 is 0 Å². The van der Waals surface area contributed by atoms with Crippen molar-refractivity contribution in [2.45, 2.75) is 0 Å². The summed E-state index contributed by atoms with van der Waals surface area (Å²) in [5.74, 6) is -0.855. The number of hydrogen-bond donors (Lipinski definition) is 2. The van der Waals surface area contributed by atoms with Crippen molar-refractivity contribution in [1.82, 2.24) is 24.8 Å². The standard InChI is InChI=1S/C18H15N5O2/c1-22-10-13(12-6-2-3-7-15(12)22)17(24)20-21-18(25)14-11-23-9-5-4-8-16(23)19-14/h2-11H,1H3,(H,20,24)(H,21,25). The number of aromatic nitrogens is 3. The Labute approximate surface area is 142 Å². The monoisotopic (exact) mass is 333 g/mol. The Morgan fingerprint density at radius 2 is 1.72 bits per heavy atom. The van der Waals surface area contributed by atoms with Gasteiger partial charge >= 0.3 is 0 Å². The second-order valence-electron chi connectivity index (χ2n) is 5.67. The quantitative estimate of drug-likeness (QED) is 0.550. The Bertz CT molecular complexity index is 1080. The Morgan fingerprint density at radius 1 is 0.960 bits per heavy atom. The first-order valence-electron chi connectivity index (χ1n) is 7.72. The summed E-state index contributed by atoms with van der Waals surface area (Å²) in [5, 5.41) is 0.824. The van der Waals surface area contributed by atoms with Crippen LogP contribution in [-0.2, 0) is 7.05 Å². The van der Waals surface area contributed by atoms with E-state index in [-0.39, 0.29) is 11.6 Å². The lowest BCUT2D eigenvalue weighted by Crippen LogP contribution is -2.41. The molecule has 124 valence electrons. The van der Waals surface area contributed by atoms with E-state index in [2.05, 4.69) is 15.8 Å². The van der Waals surface area contributed by atoms with Gasteiger partial charge in [0.15, 0.2) is 0 Å². The fourth-order valence-electron chi connectivity index (χ4n) is 2.81. The molecule has 0 spiro atoms. The van der Waals surface area contributed by atoms with Gasteiger partial charge in [-0.3, -0.25) is 20.4 Å².